The zero-order valence-electron chi connectivity index (χ0n) is 15.9. The number of ether oxygens (including phenoxy) is 1. The summed E-state index contributed by atoms with van der Waals surface area (Å²) in [6, 6.07) is 5.13. The number of rotatable bonds is 10. The van der Waals surface area contributed by atoms with Gasteiger partial charge < -0.3 is 14.9 Å². The first-order chi connectivity index (χ1) is 11.6. The van der Waals surface area contributed by atoms with Gasteiger partial charge in [0.15, 0.2) is 0 Å². The molecule has 0 aromatic heterocycles. The van der Waals surface area contributed by atoms with Crippen molar-refractivity contribution in [1.82, 2.24) is 0 Å². The van der Waals surface area contributed by atoms with Crippen LogP contribution in [0.2, 0.25) is 0 Å². The largest absolute Gasteiger partial charge is 0.493 e. The minimum Gasteiger partial charge on any atom is -0.493 e. The third-order valence-corrected chi connectivity index (χ3v) is 4.65. The van der Waals surface area contributed by atoms with Crippen molar-refractivity contribution in [2.75, 3.05) is 6.61 Å². The zero-order chi connectivity index (χ0) is 19.3. The van der Waals surface area contributed by atoms with Crippen LogP contribution >= 0.6 is 0 Å². The summed E-state index contributed by atoms with van der Waals surface area (Å²) in [6.45, 7) is 8.94. The summed E-state index contributed by atoms with van der Waals surface area (Å²) >= 11 is 0. The summed E-state index contributed by atoms with van der Waals surface area (Å²) in [5.74, 6) is -1.57. The topological polar surface area (TPSA) is 83.8 Å². The Bertz CT molecular complexity index is 617. The molecule has 140 valence electrons. The van der Waals surface area contributed by atoms with Crippen LogP contribution in [0.5, 0.6) is 5.75 Å². The van der Waals surface area contributed by atoms with E-state index in [0.29, 0.717) is 23.5 Å². The van der Waals surface area contributed by atoms with E-state index in [9.17, 15) is 19.8 Å². The molecule has 0 bridgehead atoms. The minimum atomic E-state index is -1.26. The fourth-order valence-electron chi connectivity index (χ4n) is 2.75. The summed E-state index contributed by atoms with van der Waals surface area (Å²) in [4.78, 5) is 23.6. The van der Waals surface area contributed by atoms with Crippen molar-refractivity contribution >= 4 is 11.9 Å². The van der Waals surface area contributed by atoms with Crippen molar-refractivity contribution in [3.63, 3.8) is 0 Å². The summed E-state index contributed by atoms with van der Waals surface area (Å²) < 4.78 is 5.88. The highest BCUT2D eigenvalue weighted by Crippen LogP contribution is 2.40. The smallest absolute Gasteiger partial charge is 0.313 e. The summed E-state index contributed by atoms with van der Waals surface area (Å²) in [5, 5.41) is 19.3. The van der Waals surface area contributed by atoms with Crippen molar-refractivity contribution in [2.45, 2.75) is 71.1 Å². The number of carboxylic acids is 2. The molecule has 0 unspecified atom stereocenters. The summed E-state index contributed by atoms with van der Waals surface area (Å²) in [7, 11) is 0. The van der Waals surface area contributed by atoms with E-state index in [1.165, 1.54) is 0 Å². The monoisotopic (exact) mass is 350 g/mol. The molecule has 0 radical (unpaired) electrons. The predicted octanol–water partition coefficient (Wildman–Crippen LogP) is 4.37. The maximum atomic E-state index is 11.8. The molecule has 0 amide bonds. The van der Waals surface area contributed by atoms with Gasteiger partial charge in [0.1, 0.15) is 5.75 Å². The third kappa shape index (κ3) is 4.74. The summed E-state index contributed by atoms with van der Waals surface area (Å²) in [6.07, 6.45) is 4.18. The third-order valence-electron chi connectivity index (χ3n) is 4.65. The average molecular weight is 350 g/mol. The van der Waals surface area contributed by atoms with Gasteiger partial charge in [-0.25, -0.2) is 0 Å². The van der Waals surface area contributed by atoms with E-state index in [4.69, 9.17) is 4.74 Å². The van der Waals surface area contributed by atoms with Crippen molar-refractivity contribution in [3.05, 3.63) is 29.3 Å². The number of benzene rings is 1. The van der Waals surface area contributed by atoms with E-state index in [2.05, 4.69) is 6.92 Å². The Hall–Kier alpha value is -2.04. The van der Waals surface area contributed by atoms with Crippen molar-refractivity contribution < 1.29 is 24.5 Å². The molecule has 0 aliphatic heterocycles. The van der Waals surface area contributed by atoms with Crippen LogP contribution in [-0.2, 0) is 20.4 Å². The van der Waals surface area contributed by atoms with Crippen LogP contribution in [0.25, 0.3) is 0 Å². The SMILES string of the molecule is CCCCCCOc1cccc(C(C)(C)C(=O)O)c1C(C)(C)C(=O)O. The highest BCUT2D eigenvalue weighted by atomic mass is 16.5. The molecule has 1 aromatic carbocycles. The lowest BCUT2D eigenvalue weighted by Gasteiger charge is -2.31. The van der Waals surface area contributed by atoms with Crippen LogP contribution in [0, 0.1) is 0 Å². The molecule has 1 rings (SSSR count). The Kier molecular flexibility index (Phi) is 7.03. The molecular weight excluding hydrogens is 320 g/mol. The first kappa shape index (κ1) is 21.0. The molecule has 5 nitrogen and oxygen atoms in total. The highest BCUT2D eigenvalue weighted by Gasteiger charge is 2.41. The van der Waals surface area contributed by atoms with Crippen LogP contribution in [0.15, 0.2) is 18.2 Å². The second kappa shape index (κ2) is 8.37. The van der Waals surface area contributed by atoms with E-state index >= 15 is 0 Å². The standard InChI is InChI=1S/C20H30O5/c1-6-7-8-9-13-25-15-12-10-11-14(19(2,3)17(21)22)16(15)20(4,5)18(23)24/h10-12H,6-9,13H2,1-5H3,(H,21,22)(H,23,24). The minimum absolute atomic E-state index is 0.436. The molecule has 0 atom stereocenters. The molecule has 1 aromatic rings. The Morgan fingerprint density at radius 2 is 1.56 bits per heavy atom. The lowest BCUT2D eigenvalue weighted by atomic mass is 9.73. The van der Waals surface area contributed by atoms with Gasteiger partial charge >= 0.3 is 11.9 Å². The molecule has 0 fully saturated rings. The molecule has 0 aliphatic rings. The van der Waals surface area contributed by atoms with Gasteiger partial charge in [-0.3, -0.25) is 9.59 Å². The first-order valence-corrected chi connectivity index (χ1v) is 8.80. The molecule has 5 heteroatoms. The molecule has 0 heterocycles. The normalized spacial score (nSPS) is 12.0. The van der Waals surface area contributed by atoms with Crippen LogP contribution in [-0.4, -0.2) is 28.8 Å². The number of hydrogen-bond donors (Lipinski definition) is 2. The van der Waals surface area contributed by atoms with Crippen LogP contribution < -0.4 is 4.74 Å². The highest BCUT2D eigenvalue weighted by molar-refractivity contribution is 5.86. The lowest BCUT2D eigenvalue weighted by molar-refractivity contribution is -0.144. The quantitative estimate of drug-likeness (QED) is 0.612. The Labute approximate surface area is 150 Å². The second-order valence-corrected chi connectivity index (χ2v) is 7.45. The fraction of sp³-hybridized carbons (Fsp3) is 0.600. The molecule has 0 saturated heterocycles. The Morgan fingerprint density at radius 1 is 0.960 bits per heavy atom. The fourth-order valence-corrected chi connectivity index (χ4v) is 2.75. The summed E-state index contributed by atoms with van der Waals surface area (Å²) in [5.41, 5.74) is -1.57. The molecule has 0 saturated carbocycles. The Balaban J connectivity index is 3.33. The number of aliphatic carboxylic acids is 2. The molecule has 0 aliphatic carbocycles. The number of carboxylic acid groups (broad SMARTS) is 2. The molecule has 2 N–H and O–H groups in total. The Morgan fingerprint density at radius 3 is 2.08 bits per heavy atom. The zero-order valence-corrected chi connectivity index (χ0v) is 15.9. The van der Waals surface area contributed by atoms with Gasteiger partial charge in [-0.2, -0.15) is 0 Å². The molecule has 0 spiro atoms. The van der Waals surface area contributed by atoms with Gasteiger partial charge in [-0.15, -0.1) is 0 Å². The average Bonchev–Trinajstić information content (AvgIpc) is 2.53. The van der Waals surface area contributed by atoms with Crippen molar-refractivity contribution in [1.29, 1.82) is 0 Å². The van der Waals surface area contributed by atoms with E-state index in [-0.39, 0.29) is 0 Å². The van der Waals surface area contributed by atoms with Crippen LogP contribution in [0.1, 0.15) is 71.4 Å². The van der Waals surface area contributed by atoms with E-state index < -0.39 is 22.8 Å². The molecule has 25 heavy (non-hydrogen) atoms. The van der Waals surface area contributed by atoms with Gasteiger partial charge in [0, 0.05) is 5.56 Å². The van der Waals surface area contributed by atoms with Crippen LogP contribution in [0.3, 0.4) is 0 Å². The van der Waals surface area contributed by atoms with E-state index in [0.717, 1.165) is 25.7 Å². The molecular formula is C20H30O5. The van der Waals surface area contributed by atoms with Crippen molar-refractivity contribution in [3.8, 4) is 5.75 Å². The maximum Gasteiger partial charge on any atom is 0.313 e. The van der Waals surface area contributed by atoms with Gasteiger partial charge in [-0.1, -0.05) is 38.3 Å². The second-order valence-electron chi connectivity index (χ2n) is 7.45. The van der Waals surface area contributed by atoms with E-state index in [1.807, 2.05) is 0 Å². The van der Waals surface area contributed by atoms with Gasteiger partial charge in [0.05, 0.1) is 17.4 Å². The van der Waals surface area contributed by atoms with Crippen LogP contribution in [0.4, 0.5) is 0 Å². The number of unbranched alkanes of at least 4 members (excludes halogenated alkanes) is 3. The number of hydrogen-bond acceptors (Lipinski definition) is 3. The van der Waals surface area contributed by atoms with Gasteiger partial charge in [0.25, 0.3) is 0 Å². The maximum absolute atomic E-state index is 11.8. The first-order valence-electron chi connectivity index (χ1n) is 8.80. The van der Waals surface area contributed by atoms with Gasteiger partial charge in [0.2, 0.25) is 0 Å². The van der Waals surface area contributed by atoms with E-state index in [1.54, 1.807) is 45.9 Å². The number of carbonyl (C=O) groups is 2. The lowest BCUT2D eigenvalue weighted by Crippen LogP contribution is -2.36. The van der Waals surface area contributed by atoms with Crippen molar-refractivity contribution in [2.24, 2.45) is 0 Å². The van der Waals surface area contributed by atoms with Gasteiger partial charge in [-0.05, 0) is 45.7 Å². The predicted molar refractivity (Wildman–Crippen MR) is 97.4 cm³/mol.